The zero-order valence-electron chi connectivity index (χ0n) is 22.1. The molecule has 0 spiro atoms. The van der Waals surface area contributed by atoms with E-state index in [0.29, 0.717) is 25.2 Å². The Bertz CT molecular complexity index is 1370. The lowest BCUT2D eigenvalue weighted by Crippen LogP contribution is -2.54. The number of rotatable bonds is 5. The maximum absolute atomic E-state index is 14.8. The standard InChI is InChI=1S/C27H26F7N5O2/c1-15-12-39(13-16(2)36-15)24-35-11-22(23(37-24)20-6-4-5-7-21(20)28)41-25(40)38(3)14-17-8-18(26(29,30)31)10-19(9-17)27(32,33)34/h4-11,15-16,36H,12-14H2,1-3H3/t15-,16+. The van der Waals surface area contributed by atoms with Gasteiger partial charge in [0.2, 0.25) is 5.95 Å². The fourth-order valence-corrected chi connectivity index (χ4v) is 4.55. The van der Waals surface area contributed by atoms with Crippen molar-refractivity contribution in [1.82, 2.24) is 20.2 Å². The van der Waals surface area contributed by atoms with E-state index >= 15 is 0 Å². The second-order valence-corrected chi connectivity index (χ2v) is 9.87. The number of ether oxygens (including phenoxy) is 1. The van der Waals surface area contributed by atoms with Crippen molar-refractivity contribution in [2.45, 2.75) is 44.8 Å². The van der Waals surface area contributed by atoms with Crippen LogP contribution >= 0.6 is 0 Å². The fourth-order valence-electron chi connectivity index (χ4n) is 4.55. The Balaban J connectivity index is 1.63. The molecule has 2 heterocycles. The Hall–Kier alpha value is -3.94. The molecule has 0 saturated carbocycles. The van der Waals surface area contributed by atoms with Crippen LogP contribution in [0, 0.1) is 5.82 Å². The van der Waals surface area contributed by atoms with Crippen molar-refractivity contribution in [2.75, 3.05) is 25.0 Å². The quantitative estimate of drug-likeness (QED) is 0.363. The molecule has 1 aliphatic heterocycles. The fraction of sp³-hybridized carbons (Fsp3) is 0.370. The van der Waals surface area contributed by atoms with E-state index in [4.69, 9.17) is 4.74 Å². The minimum absolute atomic E-state index is 0.00128. The summed E-state index contributed by atoms with van der Waals surface area (Å²) in [7, 11) is 1.14. The van der Waals surface area contributed by atoms with Gasteiger partial charge >= 0.3 is 18.4 Å². The minimum Gasteiger partial charge on any atom is -0.406 e. The van der Waals surface area contributed by atoms with Crippen LogP contribution in [-0.4, -0.2) is 53.2 Å². The molecule has 2 aromatic carbocycles. The number of benzene rings is 2. The summed E-state index contributed by atoms with van der Waals surface area (Å²) in [6.45, 7) is 4.43. The number of amides is 1. The lowest BCUT2D eigenvalue weighted by molar-refractivity contribution is -0.143. The third-order valence-corrected chi connectivity index (χ3v) is 6.29. The van der Waals surface area contributed by atoms with E-state index in [1.54, 1.807) is 6.07 Å². The van der Waals surface area contributed by atoms with Crippen LogP contribution in [0.2, 0.25) is 0 Å². The van der Waals surface area contributed by atoms with E-state index < -0.39 is 47.5 Å². The average Bonchev–Trinajstić information content (AvgIpc) is 2.87. The van der Waals surface area contributed by atoms with Gasteiger partial charge in [0.05, 0.1) is 17.3 Å². The molecule has 0 aliphatic carbocycles. The van der Waals surface area contributed by atoms with Crippen molar-refractivity contribution in [3.8, 4) is 17.0 Å². The molecular weight excluding hydrogens is 559 g/mol. The monoisotopic (exact) mass is 585 g/mol. The van der Waals surface area contributed by atoms with Gasteiger partial charge < -0.3 is 19.9 Å². The number of nitrogens with zero attached hydrogens (tertiary/aromatic N) is 4. The Morgan fingerprint density at radius 1 is 1.02 bits per heavy atom. The van der Waals surface area contributed by atoms with E-state index in [1.165, 1.54) is 24.4 Å². The van der Waals surface area contributed by atoms with E-state index in [9.17, 15) is 35.5 Å². The number of hydrogen-bond donors (Lipinski definition) is 1. The van der Waals surface area contributed by atoms with Crippen molar-refractivity contribution in [3.63, 3.8) is 0 Å². The summed E-state index contributed by atoms with van der Waals surface area (Å²) < 4.78 is 99.6. The van der Waals surface area contributed by atoms with Crippen LogP contribution in [0.4, 0.5) is 41.5 Å². The van der Waals surface area contributed by atoms with Crippen LogP contribution in [0.3, 0.4) is 0 Å². The van der Waals surface area contributed by atoms with Crippen molar-refractivity contribution in [3.05, 3.63) is 71.2 Å². The molecular formula is C27H26F7N5O2. The second kappa shape index (κ2) is 11.5. The number of halogens is 7. The van der Waals surface area contributed by atoms with Crippen molar-refractivity contribution < 1.29 is 40.3 Å². The highest BCUT2D eigenvalue weighted by atomic mass is 19.4. The molecule has 2 atom stereocenters. The number of carbonyl (C=O) groups is 1. The van der Waals surface area contributed by atoms with Gasteiger partial charge in [-0.2, -0.15) is 26.3 Å². The summed E-state index contributed by atoms with van der Waals surface area (Å²) in [4.78, 5) is 24.3. The van der Waals surface area contributed by atoms with Gasteiger partial charge in [-0.15, -0.1) is 0 Å². The molecule has 1 N–H and O–H groups in total. The number of anilines is 1. The van der Waals surface area contributed by atoms with E-state index in [2.05, 4.69) is 15.3 Å². The van der Waals surface area contributed by atoms with Crippen LogP contribution < -0.4 is 15.0 Å². The van der Waals surface area contributed by atoms with Gasteiger partial charge in [0.1, 0.15) is 11.5 Å². The first-order valence-corrected chi connectivity index (χ1v) is 12.5. The molecule has 1 fully saturated rings. The van der Waals surface area contributed by atoms with Gasteiger partial charge in [0.15, 0.2) is 5.75 Å². The van der Waals surface area contributed by atoms with Crippen molar-refractivity contribution in [2.24, 2.45) is 0 Å². The van der Waals surface area contributed by atoms with Crippen LogP contribution in [0.5, 0.6) is 5.75 Å². The third kappa shape index (κ3) is 7.23. The molecule has 1 amide bonds. The summed E-state index contributed by atoms with van der Waals surface area (Å²) in [6, 6.07) is 6.90. The Morgan fingerprint density at radius 2 is 1.61 bits per heavy atom. The third-order valence-electron chi connectivity index (χ3n) is 6.29. The predicted octanol–water partition coefficient (Wildman–Crippen LogP) is 6.14. The summed E-state index contributed by atoms with van der Waals surface area (Å²) in [5.74, 6) is -0.638. The Morgan fingerprint density at radius 3 is 2.17 bits per heavy atom. The number of carbonyl (C=O) groups excluding carboxylic acids is 1. The molecule has 1 aliphatic rings. The maximum atomic E-state index is 14.8. The topological polar surface area (TPSA) is 70.6 Å². The summed E-state index contributed by atoms with van der Waals surface area (Å²) in [5.41, 5.74) is -3.48. The van der Waals surface area contributed by atoms with Gasteiger partial charge in [0, 0.05) is 44.3 Å². The second-order valence-electron chi connectivity index (χ2n) is 9.87. The molecule has 1 aromatic heterocycles. The van der Waals surface area contributed by atoms with Gasteiger partial charge in [-0.1, -0.05) is 12.1 Å². The number of piperazine rings is 1. The van der Waals surface area contributed by atoms with E-state index in [0.717, 1.165) is 11.9 Å². The van der Waals surface area contributed by atoms with Gasteiger partial charge in [-0.05, 0) is 49.7 Å². The summed E-state index contributed by atoms with van der Waals surface area (Å²) in [5, 5.41) is 3.37. The molecule has 1 saturated heterocycles. The number of alkyl halides is 6. The van der Waals surface area contributed by atoms with Crippen molar-refractivity contribution >= 4 is 12.0 Å². The van der Waals surface area contributed by atoms with E-state index in [1.807, 2.05) is 18.7 Å². The highest BCUT2D eigenvalue weighted by Crippen LogP contribution is 2.37. The van der Waals surface area contributed by atoms with Crippen LogP contribution in [0.15, 0.2) is 48.7 Å². The average molecular weight is 586 g/mol. The van der Waals surface area contributed by atoms with Gasteiger partial charge in [-0.3, -0.25) is 0 Å². The zero-order chi connectivity index (χ0) is 30.1. The van der Waals surface area contributed by atoms with Crippen LogP contribution in [0.1, 0.15) is 30.5 Å². The molecule has 41 heavy (non-hydrogen) atoms. The molecule has 14 heteroatoms. The van der Waals surface area contributed by atoms with Crippen molar-refractivity contribution in [1.29, 1.82) is 0 Å². The highest BCUT2D eigenvalue weighted by molar-refractivity contribution is 5.75. The number of hydrogen-bond acceptors (Lipinski definition) is 6. The van der Waals surface area contributed by atoms with Gasteiger partial charge in [-0.25, -0.2) is 19.2 Å². The molecule has 7 nitrogen and oxygen atoms in total. The number of aromatic nitrogens is 2. The summed E-state index contributed by atoms with van der Waals surface area (Å²) in [6.07, 6.45) is -10.0. The Kier molecular flexibility index (Phi) is 8.43. The first-order chi connectivity index (χ1) is 19.1. The molecule has 0 unspecified atom stereocenters. The lowest BCUT2D eigenvalue weighted by atomic mass is 10.0. The molecule has 0 radical (unpaired) electrons. The molecule has 3 aromatic rings. The van der Waals surface area contributed by atoms with E-state index in [-0.39, 0.29) is 41.1 Å². The summed E-state index contributed by atoms with van der Waals surface area (Å²) >= 11 is 0. The number of nitrogens with one attached hydrogen (secondary N) is 1. The zero-order valence-corrected chi connectivity index (χ0v) is 22.1. The normalized spacial score (nSPS) is 17.9. The Labute approximate surface area is 230 Å². The van der Waals surface area contributed by atoms with Crippen LogP contribution in [-0.2, 0) is 18.9 Å². The first kappa shape index (κ1) is 30.0. The smallest absolute Gasteiger partial charge is 0.406 e. The maximum Gasteiger partial charge on any atom is 0.416 e. The largest absolute Gasteiger partial charge is 0.416 e. The molecule has 0 bridgehead atoms. The molecule has 4 rings (SSSR count). The SMILES string of the molecule is C[C@@H]1CN(c2ncc(OC(=O)N(C)Cc3cc(C(F)(F)F)cc(C(F)(F)F)c3)c(-c3ccccc3F)n2)C[C@H](C)N1. The van der Waals surface area contributed by atoms with Gasteiger partial charge in [0.25, 0.3) is 0 Å². The highest BCUT2D eigenvalue weighted by Gasteiger charge is 2.37. The molecule has 220 valence electrons. The minimum atomic E-state index is -5.04. The lowest BCUT2D eigenvalue weighted by Gasteiger charge is -2.36. The first-order valence-electron chi connectivity index (χ1n) is 12.5. The predicted molar refractivity (Wildman–Crippen MR) is 136 cm³/mol. The van der Waals surface area contributed by atoms with Crippen LogP contribution in [0.25, 0.3) is 11.3 Å².